The van der Waals surface area contributed by atoms with Gasteiger partial charge in [0.2, 0.25) is 0 Å². The first-order chi connectivity index (χ1) is 19.8. The van der Waals surface area contributed by atoms with Crippen molar-refractivity contribution in [3.8, 4) is 0 Å². The minimum absolute atomic E-state index is 0.0889. The molecule has 0 spiro atoms. The molecule has 0 aromatic heterocycles. The zero-order valence-electron chi connectivity index (χ0n) is 22.8. The first-order valence-corrected chi connectivity index (χ1v) is 13.9. The quantitative estimate of drug-likeness (QED) is 0.115. The molecule has 19 N–H and O–H groups in total. The second kappa shape index (κ2) is 14.1. The highest BCUT2D eigenvalue weighted by atomic mass is 16.8. The standard InChI is InChI=1S/C23H46N6O13/c24-2-7-13(32)15(34)10(28)21(37-7)40-18-6(27)1-5(26)12(31)20(18)42-23-17(36)19(9(4-30)39-23)41-22-11(29)16(35)14(33)8(3-25)38-22/h5-23,30-36H,1-4,24-29H2/t5-,6+,7+,8+,9-,10+,11+,12+,13+,14+,15+,16+,17+,18-,19-,20+,21-,22-,23+/m1/s1. The highest BCUT2D eigenvalue weighted by molar-refractivity contribution is 5.02. The zero-order chi connectivity index (χ0) is 31.0. The van der Waals surface area contributed by atoms with Gasteiger partial charge in [-0.05, 0) is 6.42 Å². The number of rotatable bonds is 9. The predicted octanol–water partition coefficient (Wildman–Crippen LogP) is -8.90. The Morgan fingerprint density at radius 2 is 0.976 bits per heavy atom. The number of hydrogen-bond acceptors (Lipinski definition) is 19. The summed E-state index contributed by atoms with van der Waals surface area (Å²) in [5.74, 6) is 0. The van der Waals surface area contributed by atoms with Gasteiger partial charge in [0.05, 0.1) is 24.8 Å². The number of ether oxygens (including phenoxy) is 6. The van der Waals surface area contributed by atoms with Gasteiger partial charge in [-0.2, -0.15) is 0 Å². The van der Waals surface area contributed by atoms with E-state index in [4.69, 9.17) is 62.8 Å². The summed E-state index contributed by atoms with van der Waals surface area (Å²) in [5.41, 5.74) is 35.6. The molecular weight excluding hydrogens is 568 g/mol. The van der Waals surface area contributed by atoms with Crippen LogP contribution < -0.4 is 34.4 Å². The molecule has 19 heteroatoms. The third-order valence-electron chi connectivity index (χ3n) is 8.37. The summed E-state index contributed by atoms with van der Waals surface area (Å²) >= 11 is 0. The van der Waals surface area contributed by atoms with Crippen LogP contribution in [0.2, 0.25) is 0 Å². The minimum atomic E-state index is -1.60. The minimum Gasteiger partial charge on any atom is -0.394 e. The molecule has 246 valence electrons. The summed E-state index contributed by atoms with van der Waals surface area (Å²) in [6.45, 7) is -0.967. The molecule has 0 bridgehead atoms. The number of aliphatic hydroxyl groups is 7. The maximum Gasteiger partial charge on any atom is 0.187 e. The van der Waals surface area contributed by atoms with E-state index in [-0.39, 0.29) is 19.5 Å². The third kappa shape index (κ3) is 6.60. The van der Waals surface area contributed by atoms with Crippen LogP contribution in [0.5, 0.6) is 0 Å². The maximum absolute atomic E-state index is 11.1. The Bertz CT molecular complexity index is 868. The van der Waals surface area contributed by atoms with Crippen LogP contribution in [0.15, 0.2) is 0 Å². The van der Waals surface area contributed by atoms with Crippen molar-refractivity contribution in [2.45, 2.75) is 123 Å². The normalized spacial score (nSPS) is 53.8. The number of nitrogens with two attached hydrogens (primary N) is 6. The molecule has 0 aromatic carbocycles. The lowest BCUT2D eigenvalue weighted by atomic mass is 9.84. The van der Waals surface area contributed by atoms with Crippen LogP contribution in [0.1, 0.15) is 6.42 Å². The summed E-state index contributed by atoms with van der Waals surface area (Å²) in [6, 6.07) is -4.18. The Morgan fingerprint density at radius 3 is 1.45 bits per heavy atom. The van der Waals surface area contributed by atoms with E-state index in [0.717, 1.165) is 0 Å². The molecule has 19 nitrogen and oxygen atoms in total. The second-order valence-electron chi connectivity index (χ2n) is 11.2. The molecule has 42 heavy (non-hydrogen) atoms. The number of aliphatic hydroxyl groups excluding tert-OH is 7. The molecular formula is C23H46N6O13. The van der Waals surface area contributed by atoms with Gasteiger partial charge in [-0.1, -0.05) is 0 Å². The summed E-state index contributed by atoms with van der Waals surface area (Å²) < 4.78 is 34.6. The average Bonchev–Trinajstić information content (AvgIpc) is 3.27. The fourth-order valence-corrected chi connectivity index (χ4v) is 5.74. The molecule has 1 aliphatic carbocycles. The van der Waals surface area contributed by atoms with Crippen molar-refractivity contribution in [2.75, 3.05) is 19.7 Å². The van der Waals surface area contributed by atoms with Gasteiger partial charge in [-0.25, -0.2) is 0 Å². The van der Waals surface area contributed by atoms with E-state index in [9.17, 15) is 35.7 Å². The Morgan fingerprint density at radius 1 is 0.524 bits per heavy atom. The van der Waals surface area contributed by atoms with Gasteiger partial charge in [-0.3, -0.25) is 0 Å². The van der Waals surface area contributed by atoms with Crippen molar-refractivity contribution >= 4 is 0 Å². The first-order valence-electron chi connectivity index (χ1n) is 13.9. The van der Waals surface area contributed by atoms with Crippen LogP contribution in [0.4, 0.5) is 0 Å². The van der Waals surface area contributed by atoms with E-state index < -0.39 is 123 Å². The fraction of sp³-hybridized carbons (Fsp3) is 1.00. The molecule has 0 aromatic rings. The molecule has 0 unspecified atom stereocenters. The van der Waals surface area contributed by atoms with Crippen LogP contribution >= 0.6 is 0 Å². The fourth-order valence-electron chi connectivity index (χ4n) is 5.74. The van der Waals surface area contributed by atoms with Crippen molar-refractivity contribution < 1.29 is 64.2 Å². The summed E-state index contributed by atoms with van der Waals surface area (Å²) in [5, 5.41) is 73.0. The van der Waals surface area contributed by atoms with E-state index >= 15 is 0 Å². The lowest BCUT2D eigenvalue weighted by molar-refractivity contribution is -0.306. The highest BCUT2D eigenvalue weighted by Crippen LogP contribution is 2.34. The van der Waals surface area contributed by atoms with Gasteiger partial charge >= 0.3 is 0 Å². The van der Waals surface area contributed by atoms with Gasteiger partial charge in [-0.15, -0.1) is 0 Å². The average molecular weight is 615 g/mol. The Labute approximate surface area is 241 Å². The second-order valence-corrected chi connectivity index (χ2v) is 11.2. The van der Waals surface area contributed by atoms with Crippen molar-refractivity contribution in [1.82, 2.24) is 0 Å². The van der Waals surface area contributed by atoms with Gasteiger partial charge < -0.3 is 98.6 Å². The zero-order valence-corrected chi connectivity index (χ0v) is 22.8. The van der Waals surface area contributed by atoms with Gasteiger partial charge in [0.25, 0.3) is 0 Å². The molecule has 1 saturated carbocycles. The van der Waals surface area contributed by atoms with Crippen molar-refractivity contribution in [3.63, 3.8) is 0 Å². The van der Waals surface area contributed by atoms with E-state index in [1.807, 2.05) is 0 Å². The molecule has 19 atom stereocenters. The Hall–Kier alpha value is -0.760. The lowest BCUT2D eigenvalue weighted by Gasteiger charge is -2.47. The van der Waals surface area contributed by atoms with Crippen LogP contribution in [0.3, 0.4) is 0 Å². The Kier molecular flexibility index (Phi) is 11.5. The van der Waals surface area contributed by atoms with Crippen LogP contribution in [-0.4, -0.2) is 172 Å². The molecule has 0 radical (unpaired) electrons. The molecule has 3 aliphatic heterocycles. The summed E-state index contributed by atoms with van der Waals surface area (Å²) in [4.78, 5) is 0. The van der Waals surface area contributed by atoms with E-state index in [0.29, 0.717) is 0 Å². The third-order valence-corrected chi connectivity index (χ3v) is 8.37. The topological polar surface area (TPSA) is 353 Å². The van der Waals surface area contributed by atoms with Crippen molar-refractivity contribution in [3.05, 3.63) is 0 Å². The predicted molar refractivity (Wildman–Crippen MR) is 138 cm³/mol. The molecule has 4 aliphatic rings. The molecule has 4 rings (SSSR count). The molecule has 3 saturated heterocycles. The largest absolute Gasteiger partial charge is 0.394 e. The summed E-state index contributed by atoms with van der Waals surface area (Å²) in [6.07, 6.45) is -19.8. The van der Waals surface area contributed by atoms with Gasteiger partial charge in [0, 0.05) is 25.2 Å². The highest BCUT2D eigenvalue weighted by Gasteiger charge is 2.54. The van der Waals surface area contributed by atoms with Crippen LogP contribution in [0.25, 0.3) is 0 Å². The van der Waals surface area contributed by atoms with Gasteiger partial charge in [0.1, 0.15) is 67.1 Å². The van der Waals surface area contributed by atoms with Crippen LogP contribution in [-0.2, 0) is 28.4 Å². The number of hydrogen-bond donors (Lipinski definition) is 13. The summed E-state index contributed by atoms with van der Waals surface area (Å²) in [7, 11) is 0. The molecule has 4 fully saturated rings. The van der Waals surface area contributed by atoms with E-state index in [2.05, 4.69) is 0 Å². The van der Waals surface area contributed by atoms with E-state index in [1.165, 1.54) is 0 Å². The molecule has 3 heterocycles. The molecule has 0 amide bonds. The Balaban J connectivity index is 1.50. The lowest BCUT2D eigenvalue weighted by Crippen LogP contribution is -2.68. The first kappa shape index (κ1) is 34.1. The van der Waals surface area contributed by atoms with Crippen LogP contribution in [0, 0.1) is 0 Å². The SMILES string of the molecule is NC[C@@H]1O[C@H](O[C@H]2[C@@H](O[C@@H]3O[C@H](CO)[C@@H](O[C@H]4O[C@@H](CN)[C@H](O)[C@@H](O)[C@@H]4N)[C@@H]3O)[C@@H](O)[C@H](N)C[C@@H]2N)[C@@H](N)[C@H](O)[C@H]1O. The maximum atomic E-state index is 11.1. The smallest absolute Gasteiger partial charge is 0.187 e. The van der Waals surface area contributed by atoms with E-state index in [1.54, 1.807) is 0 Å². The van der Waals surface area contributed by atoms with Crippen molar-refractivity contribution in [1.29, 1.82) is 0 Å². The van der Waals surface area contributed by atoms with Crippen molar-refractivity contribution in [2.24, 2.45) is 34.4 Å². The monoisotopic (exact) mass is 614 g/mol. The van der Waals surface area contributed by atoms with Gasteiger partial charge in [0.15, 0.2) is 18.9 Å².